The molecule has 0 bridgehead atoms. The number of aromatic nitrogens is 2. The van der Waals surface area contributed by atoms with E-state index in [2.05, 4.69) is 22.5 Å². The van der Waals surface area contributed by atoms with Gasteiger partial charge in [0.1, 0.15) is 5.82 Å². The molecule has 2 aromatic carbocycles. The summed E-state index contributed by atoms with van der Waals surface area (Å²) in [4.78, 5) is 0. The zero-order chi connectivity index (χ0) is 15.4. The first-order valence-electron chi connectivity index (χ1n) is 7.30. The molecule has 3 rings (SSSR count). The lowest BCUT2D eigenvalue weighted by atomic mass is 10.1. The molecule has 1 unspecified atom stereocenters. The van der Waals surface area contributed by atoms with Crippen molar-refractivity contribution >= 4 is 5.69 Å². The Morgan fingerprint density at radius 2 is 1.82 bits per heavy atom. The molecule has 0 spiro atoms. The Labute approximate surface area is 129 Å². The van der Waals surface area contributed by atoms with Gasteiger partial charge in [0.05, 0.1) is 24.5 Å². The fraction of sp³-hybridized carbons (Fsp3) is 0.167. The molecule has 22 heavy (non-hydrogen) atoms. The topological polar surface area (TPSA) is 29.9 Å². The molecular weight excluding hydrogens is 277 g/mol. The van der Waals surface area contributed by atoms with Gasteiger partial charge in [-0.15, -0.1) is 0 Å². The predicted molar refractivity (Wildman–Crippen MR) is 86.2 cm³/mol. The Bertz CT molecular complexity index is 737. The molecule has 0 radical (unpaired) electrons. The first-order valence-corrected chi connectivity index (χ1v) is 7.30. The standard InChI is InChI=1S/C18H18FN3/c1-14(17-9-5-6-10-18(17)19)21-16-11-20-22(13-16)12-15-7-3-2-4-8-15/h2-11,13-14,21H,12H2,1H3. The zero-order valence-electron chi connectivity index (χ0n) is 12.4. The van der Waals surface area contributed by atoms with Crippen molar-refractivity contribution in [2.24, 2.45) is 0 Å². The molecule has 3 aromatic rings. The average Bonchev–Trinajstić information content (AvgIpc) is 2.95. The molecule has 0 amide bonds. The van der Waals surface area contributed by atoms with Gasteiger partial charge in [-0.1, -0.05) is 48.5 Å². The summed E-state index contributed by atoms with van der Waals surface area (Å²) in [5.41, 5.74) is 2.73. The lowest BCUT2D eigenvalue weighted by Gasteiger charge is -2.14. The molecule has 1 aromatic heterocycles. The summed E-state index contributed by atoms with van der Waals surface area (Å²) in [6.07, 6.45) is 3.70. The normalized spacial score (nSPS) is 12.1. The van der Waals surface area contributed by atoms with E-state index in [1.54, 1.807) is 18.3 Å². The van der Waals surface area contributed by atoms with Crippen LogP contribution in [0.3, 0.4) is 0 Å². The van der Waals surface area contributed by atoms with E-state index in [4.69, 9.17) is 0 Å². The number of hydrogen-bond donors (Lipinski definition) is 1. The summed E-state index contributed by atoms with van der Waals surface area (Å²) >= 11 is 0. The van der Waals surface area contributed by atoms with Crippen molar-refractivity contribution in [1.82, 2.24) is 9.78 Å². The number of nitrogens with zero attached hydrogens (tertiary/aromatic N) is 2. The first kappa shape index (κ1) is 14.3. The van der Waals surface area contributed by atoms with Crippen LogP contribution >= 0.6 is 0 Å². The van der Waals surface area contributed by atoms with E-state index in [-0.39, 0.29) is 11.9 Å². The Morgan fingerprint density at radius 3 is 2.59 bits per heavy atom. The van der Waals surface area contributed by atoms with Crippen molar-refractivity contribution in [2.75, 3.05) is 5.32 Å². The average molecular weight is 295 g/mol. The van der Waals surface area contributed by atoms with Gasteiger partial charge in [-0.2, -0.15) is 5.10 Å². The van der Waals surface area contributed by atoms with Gasteiger partial charge in [0, 0.05) is 11.8 Å². The largest absolute Gasteiger partial charge is 0.376 e. The molecule has 1 N–H and O–H groups in total. The maximum absolute atomic E-state index is 13.8. The van der Waals surface area contributed by atoms with Gasteiger partial charge in [0.25, 0.3) is 0 Å². The van der Waals surface area contributed by atoms with Gasteiger partial charge in [0.2, 0.25) is 0 Å². The van der Waals surface area contributed by atoms with Gasteiger partial charge in [-0.3, -0.25) is 4.68 Å². The summed E-state index contributed by atoms with van der Waals surface area (Å²) in [6.45, 7) is 2.66. The van der Waals surface area contributed by atoms with Crippen LogP contribution < -0.4 is 5.32 Å². The molecule has 0 fully saturated rings. The van der Waals surface area contributed by atoms with Crippen LogP contribution in [0.1, 0.15) is 24.1 Å². The fourth-order valence-electron chi connectivity index (χ4n) is 2.45. The minimum atomic E-state index is -0.195. The van der Waals surface area contributed by atoms with Gasteiger partial charge < -0.3 is 5.32 Å². The minimum Gasteiger partial charge on any atom is -0.376 e. The molecular formula is C18H18FN3. The number of benzene rings is 2. The summed E-state index contributed by atoms with van der Waals surface area (Å²) in [6, 6.07) is 16.8. The summed E-state index contributed by atoms with van der Waals surface area (Å²) in [5.74, 6) is -0.195. The van der Waals surface area contributed by atoms with Crippen LogP contribution in [0.4, 0.5) is 10.1 Å². The van der Waals surface area contributed by atoms with E-state index < -0.39 is 0 Å². The summed E-state index contributed by atoms with van der Waals surface area (Å²) in [5, 5.41) is 7.62. The second-order valence-electron chi connectivity index (χ2n) is 5.30. The maximum atomic E-state index is 13.8. The molecule has 0 saturated heterocycles. The fourth-order valence-corrected chi connectivity index (χ4v) is 2.45. The van der Waals surface area contributed by atoms with Crippen molar-refractivity contribution in [3.63, 3.8) is 0 Å². The van der Waals surface area contributed by atoms with E-state index >= 15 is 0 Å². The van der Waals surface area contributed by atoms with E-state index in [1.807, 2.05) is 42.1 Å². The Balaban J connectivity index is 1.68. The SMILES string of the molecule is CC(Nc1cnn(Cc2ccccc2)c1)c1ccccc1F. The van der Waals surface area contributed by atoms with Gasteiger partial charge in [-0.25, -0.2) is 4.39 Å². The highest BCUT2D eigenvalue weighted by atomic mass is 19.1. The third-order valence-corrected chi connectivity index (χ3v) is 3.58. The van der Waals surface area contributed by atoms with Crippen LogP contribution in [0.5, 0.6) is 0 Å². The van der Waals surface area contributed by atoms with Crippen LogP contribution in [-0.4, -0.2) is 9.78 Å². The Kier molecular flexibility index (Phi) is 4.19. The molecule has 1 heterocycles. The highest BCUT2D eigenvalue weighted by Crippen LogP contribution is 2.21. The molecule has 0 saturated carbocycles. The molecule has 3 nitrogen and oxygen atoms in total. The molecule has 4 heteroatoms. The predicted octanol–water partition coefficient (Wildman–Crippen LogP) is 4.24. The summed E-state index contributed by atoms with van der Waals surface area (Å²) < 4.78 is 15.6. The smallest absolute Gasteiger partial charge is 0.128 e. The van der Waals surface area contributed by atoms with Crippen molar-refractivity contribution < 1.29 is 4.39 Å². The minimum absolute atomic E-state index is 0.115. The van der Waals surface area contributed by atoms with Crippen LogP contribution in [0.25, 0.3) is 0 Å². The van der Waals surface area contributed by atoms with Crippen LogP contribution in [0.2, 0.25) is 0 Å². The van der Waals surface area contributed by atoms with Crippen molar-refractivity contribution in [2.45, 2.75) is 19.5 Å². The lowest BCUT2D eigenvalue weighted by Crippen LogP contribution is -2.08. The molecule has 0 aliphatic rings. The van der Waals surface area contributed by atoms with Gasteiger partial charge in [-0.05, 0) is 18.6 Å². The number of rotatable bonds is 5. The molecule has 1 atom stereocenters. The first-order chi connectivity index (χ1) is 10.7. The van der Waals surface area contributed by atoms with E-state index in [9.17, 15) is 4.39 Å². The molecule has 0 aliphatic carbocycles. The second-order valence-corrected chi connectivity index (χ2v) is 5.30. The summed E-state index contributed by atoms with van der Waals surface area (Å²) in [7, 11) is 0. The third-order valence-electron chi connectivity index (χ3n) is 3.58. The zero-order valence-corrected chi connectivity index (χ0v) is 12.4. The van der Waals surface area contributed by atoms with Gasteiger partial charge in [0.15, 0.2) is 0 Å². The highest BCUT2D eigenvalue weighted by Gasteiger charge is 2.10. The van der Waals surface area contributed by atoms with Crippen LogP contribution in [0, 0.1) is 5.82 Å². The second kappa shape index (κ2) is 6.43. The maximum Gasteiger partial charge on any atom is 0.128 e. The van der Waals surface area contributed by atoms with Crippen LogP contribution in [0.15, 0.2) is 67.0 Å². The molecule has 112 valence electrons. The number of hydrogen-bond acceptors (Lipinski definition) is 2. The van der Waals surface area contributed by atoms with Crippen molar-refractivity contribution in [1.29, 1.82) is 0 Å². The van der Waals surface area contributed by atoms with Crippen molar-refractivity contribution in [3.8, 4) is 0 Å². The van der Waals surface area contributed by atoms with Crippen molar-refractivity contribution in [3.05, 3.63) is 83.9 Å². The third kappa shape index (κ3) is 3.34. The Hall–Kier alpha value is -2.62. The quantitative estimate of drug-likeness (QED) is 0.763. The lowest BCUT2D eigenvalue weighted by molar-refractivity contribution is 0.600. The monoisotopic (exact) mass is 295 g/mol. The van der Waals surface area contributed by atoms with Gasteiger partial charge >= 0.3 is 0 Å². The van der Waals surface area contributed by atoms with E-state index in [0.717, 1.165) is 12.2 Å². The highest BCUT2D eigenvalue weighted by molar-refractivity contribution is 5.42. The number of anilines is 1. The number of halogens is 1. The van der Waals surface area contributed by atoms with E-state index in [0.29, 0.717) is 5.56 Å². The van der Waals surface area contributed by atoms with Crippen LogP contribution in [-0.2, 0) is 6.54 Å². The van der Waals surface area contributed by atoms with E-state index in [1.165, 1.54) is 11.6 Å². The molecule has 0 aliphatic heterocycles. The number of nitrogens with one attached hydrogen (secondary N) is 1. The Morgan fingerprint density at radius 1 is 1.09 bits per heavy atom.